The molecule has 0 fully saturated rings. The Labute approximate surface area is 180 Å². The van der Waals surface area contributed by atoms with Gasteiger partial charge in [0.15, 0.2) is 0 Å². The Morgan fingerprint density at radius 1 is 0.759 bits per heavy atom. The molecule has 1 aromatic rings. The van der Waals surface area contributed by atoms with Gasteiger partial charge in [-0.3, -0.25) is 4.55 Å². The van der Waals surface area contributed by atoms with Crippen LogP contribution in [0, 0.1) is 0 Å². The zero-order valence-corrected chi connectivity index (χ0v) is 19.6. The van der Waals surface area contributed by atoms with Crippen molar-refractivity contribution in [1.82, 2.24) is 0 Å². The first kappa shape index (κ1) is 26.1. The summed E-state index contributed by atoms with van der Waals surface area (Å²) in [7, 11) is -1.66. The average Bonchev–Trinajstić information content (AvgIpc) is 2.66. The molecule has 0 amide bonds. The molecule has 1 N–H and O–H groups in total. The summed E-state index contributed by atoms with van der Waals surface area (Å²) in [6.07, 6.45) is 15.2. The van der Waals surface area contributed by atoms with Crippen LogP contribution in [0.15, 0.2) is 30.3 Å². The number of benzene rings is 1. The van der Waals surface area contributed by atoms with Crippen molar-refractivity contribution in [3.05, 3.63) is 35.9 Å². The third kappa shape index (κ3) is 14.7. The molecule has 0 saturated heterocycles. The summed E-state index contributed by atoms with van der Waals surface area (Å²) >= 11 is 0. The van der Waals surface area contributed by atoms with Crippen LogP contribution in [0.3, 0.4) is 0 Å². The van der Waals surface area contributed by atoms with Crippen molar-refractivity contribution < 1.29 is 17.5 Å². The van der Waals surface area contributed by atoms with E-state index < -0.39 is 10.1 Å². The second-order valence-electron chi connectivity index (χ2n) is 8.89. The highest BCUT2D eigenvalue weighted by Gasteiger charge is 2.22. The van der Waals surface area contributed by atoms with E-state index in [1.165, 1.54) is 76.2 Å². The quantitative estimate of drug-likeness (QED) is 0.172. The van der Waals surface area contributed by atoms with E-state index in [0.717, 1.165) is 24.1 Å². The predicted octanol–water partition coefficient (Wildman–Crippen LogP) is 6.22. The molecule has 5 heteroatoms. The van der Waals surface area contributed by atoms with Crippen LogP contribution in [-0.4, -0.2) is 43.3 Å². The molecule has 168 valence electrons. The fourth-order valence-electron chi connectivity index (χ4n) is 4.08. The molecule has 1 aromatic carbocycles. The molecule has 29 heavy (non-hydrogen) atoms. The highest BCUT2D eigenvalue weighted by atomic mass is 32.2. The van der Waals surface area contributed by atoms with Gasteiger partial charge in [-0.1, -0.05) is 95.0 Å². The van der Waals surface area contributed by atoms with Crippen molar-refractivity contribution in [1.29, 1.82) is 0 Å². The van der Waals surface area contributed by atoms with Crippen molar-refractivity contribution in [2.24, 2.45) is 0 Å². The van der Waals surface area contributed by atoms with Gasteiger partial charge >= 0.3 is 0 Å². The lowest BCUT2D eigenvalue weighted by atomic mass is 10.1. The van der Waals surface area contributed by atoms with Crippen molar-refractivity contribution in [2.75, 3.05) is 25.9 Å². The zero-order valence-electron chi connectivity index (χ0n) is 18.8. The lowest BCUT2D eigenvalue weighted by Gasteiger charge is -2.35. The Kier molecular flexibility index (Phi) is 13.5. The molecular weight excluding hydrogens is 382 g/mol. The molecular formula is C24H44NO3S+. The molecule has 0 aliphatic heterocycles. The van der Waals surface area contributed by atoms with E-state index in [4.69, 9.17) is 4.55 Å². The van der Waals surface area contributed by atoms with Gasteiger partial charge in [0.25, 0.3) is 10.1 Å². The summed E-state index contributed by atoms with van der Waals surface area (Å²) in [4.78, 5) is 0. The first-order chi connectivity index (χ1) is 13.8. The maximum Gasteiger partial charge on any atom is 0.265 e. The number of nitrogens with zero attached hydrogens (tertiary/aromatic N) is 1. The van der Waals surface area contributed by atoms with E-state index in [2.05, 4.69) is 38.2 Å². The first-order valence-corrected chi connectivity index (χ1v) is 13.3. The third-order valence-electron chi connectivity index (χ3n) is 5.81. The van der Waals surface area contributed by atoms with Gasteiger partial charge in [0, 0.05) is 12.0 Å². The second kappa shape index (κ2) is 15.0. The van der Waals surface area contributed by atoms with Gasteiger partial charge in [0.2, 0.25) is 0 Å². The van der Waals surface area contributed by atoms with E-state index in [0.29, 0.717) is 6.42 Å². The molecule has 0 saturated carbocycles. The third-order valence-corrected chi connectivity index (χ3v) is 6.61. The standard InChI is InChI=1S/C24H43NO3S/c1-3-4-5-6-7-8-9-10-11-12-16-20-25(2,21-17-22-29(26,27)28)23-24-18-14-13-15-19-24/h13-15,18-19H,3-12,16-17,20-23H2,1-2H3/p+1. The Morgan fingerprint density at radius 2 is 1.24 bits per heavy atom. The van der Waals surface area contributed by atoms with Crippen LogP contribution in [-0.2, 0) is 16.7 Å². The minimum atomic E-state index is -3.88. The van der Waals surface area contributed by atoms with E-state index in [-0.39, 0.29) is 5.75 Å². The first-order valence-electron chi connectivity index (χ1n) is 11.7. The van der Waals surface area contributed by atoms with Crippen LogP contribution in [0.4, 0.5) is 0 Å². The summed E-state index contributed by atoms with van der Waals surface area (Å²) in [5, 5.41) is 0. The largest absolute Gasteiger partial charge is 0.322 e. The van der Waals surface area contributed by atoms with E-state index in [1.807, 2.05) is 6.07 Å². The summed E-state index contributed by atoms with van der Waals surface area (Å²) in [6.45, 7) is 4.99. The van der Waals surface area contributed by atoms with Crippen LogP contribution < -0.4 is 0 Å². The van der Waals surface area contributed by atoms with Crippen LogP contribution in [0.1, 0.15) is 89.5 Å². The molecule has 0 aliphatic carbocycles. The molecule has 0 heterocycles. The predicted molar refractivity (Wildman–Crippen MR) is 124 cm³/mol. The number of rotatable bonds is 18. The second-order valence-corrected chi connectivity index (χ2v) is 10.5. The van der Waals surface area contributed by atoms with Gasteiger partial charge in [-0.25, -0.2) is 0 Å². The number of unbranched alkanes of at least 4 members (excludes halogenated alkanes) is 10. The fraction of sp³-hybridized carbons (Fsp3) is 0.750. The number of hydrogen-bond acceptors (Lipinski definition) is 2. The van der Waals surface area contributed by atoms with Crippen molar-refractivity contribution in [3.8, 4) is 0 Å². The minimum absolute atomic E-state index is 0.145. The smallest absolute Gasteiger partial charge is 0.265 e. The molecule has 1 rings (SSSR count). The van der Waals surface area contributed by atoms with Gasteiger partial charge < -0.3 is 4.48 Å². The van der Waals surface area contributed by atoms with Crippen LogP contribution in [0.5, 0.6) is 0 Å². The molecule has 1 unspecified atom stereocenters. The van der Waals surface area contributed by atoms with Gasteiger partial charge in [0.1, 0.15) is 6.54 Å². The SMILES string of the molecule is CCCCCCCCCCCCC[N+](C)(CCCS(=O)(=O)O)Cc1ccccc1. The highest BCUT2D eigenvalue weighted by molar-refractivity contribution is 7.85. The Bertz CT molecular complexity index is 618. The lowest BCUT2D eigenvalue weighted by molar-refractivity contribution is -0.922. The van der Waals surface area contributed by atoms with E-state index in [9.17, 15) is 8.42 Å². The molecule has 0 bridgehead atoms. The normalized spacial score (nSPS) is 14.0. The molecule has 0 aliphatic rings. The van der Waals surface area contributed by atoms with Crippen molar-refractivity contribution in [2.45, 2.75) is 90.5 Å². The molecule has 4 nitrogen and oxygen atoms in total. The Balaban J connectivity index is 2.30. The minimum Gasteiger partial charge on any atom is -0.322 e. The highest BCUT2D eigenvalue weighted by Crippen LogP contribution is 2.17. The topological polar surface area (TPSA) is 54.4 Å². The van der Waals surface area contributed by atoms with Crippen LogP contribution >= 0.6 is 0 Å². The van der Waals surface area contributed by atoms with Gasteiger partial charge in [-0.05, 0) is 12.8 Å². The van der Waals surface area contributed by atoms with Gasteiger partial charge in [-0.15, -0.1) is 0 Å². The fourth-order valence-corrected chi connectivity index (χ4v) is 4.57. The lowest BCUT2D eigenvalue weighted by Crippen LogP contribution is -2.45. The summed E-state index contributed by atoms with van der Waals surface area (Å²) in [5.74, 6) is -0.145. The van der Waals surface area contributed by atoms with Crippen LogP contribution in [0.25, 0.3) is 0 Å². The summed E-state index contributed by atoms with van der Waals surface area (Å²) in [6, 6.07) is 10.4. The maximum absolute atomic E-state index is 11.1. The molecule has 0 aromatic heterocycles. The Morgan fingerprint density at radius 3 is 1.76 bits per heavy atom. The van der Waals surface area contributed by atoms with E-state index >= 15 is 0 Å². The van der Waals surface area contributed by atoms with E-state index in [1.54, 1.807) is 0 Å². The average molecular weight is 427 g/mol. The number of hydrogen-bond donors (Lipinski definition) is 1. The monoisotopic (exact) mass is 426 g/mol. The Hall–Kier alpha value is -0.910. The van der Waals surface area contributed by atoms with Crippen LogP contribution in [0.2, 0.25) is 0 Å². The van der Waals surface area contributed by atoms with Crippen molar-refractivity contribution in [3.63, 3.8) is 0 Å². The molecule has 0 spiro atoms. The summed E-state index contributed by atoms with van der Waals surface area (Å²) < 4.78 is 32.0. The zero-order chi connectivity index (χ0) is 21.4. The number of quaternary nitrogens is 1. The molecule has 1 atom stereocenters. The maximum atomic E-state index is 11.1. The van der Waals surface area contributed by atoms with Gasteiger partial charge in [0.05, 0.1) is 25.9 Å². The van der Waals surface area contributed by atoms with Gasteiger partial charge in [-0.2, -0.15) is 8.42 Å². The summed E-state index contributed by atoms with van der Waals surface area (Å²) in [5.41, 5.74) is 1.28. The molecule has 0 radical (unpaired) electrons. The van der Waals surface area contributed by atoms with Crippen molar-refractivity contribution >= 4 is 10.1 Å².